The molecular weight excluding hydrogens is 286 g/mol. The van der Waals surface area contributed by atoms with Crippen LogP contribution in [0.2, 0.25) is 10.0 Å². The highest BCUT2D eigenvalue weighted by atomic mass is 35.5. The van der Waals surface area contributed by atoms with Crippen molar-refractivity contribution in [2.45, 2.75) is 12.8 Å². The molecule has 2 rings (SSSR count). The number of Topliss-reactive ketones (excluding diaryl/α,β-unsaturated/α-hetero) is 1. The SMILES string of the molecule is O=C(Cc1ccc(F)cc1)Cc1cccc(Cl)c1Cl. The lowest BCUT2D eigenvalue weighted by atomic mass is 10.0. The van der Waals surface area contributed by atoms with E-state index in [0.29, 0.717) is 15.6 Å². The first-order chi connectivity index (χ1) is 9.06. The Hall–Kier alpha value is -1.38. The van der Waals surface area contributed by atoms with Gasteiger partial charge < -0.3 is 0 Å². The van der Waals surface area contributed by atoms with Gasteiger partial charge in [0.2, 0.25) is 0 Å². The van der Waals surface area contributed by atoms with Crippen LogP contribution < -0.4 is 0 Å². The molecule has 0 atom stereocenters. The molecule has 19 heavy (non-hydrogen) atoms. The third-order valence-corrected chi connectivity index (χ3v) is 3.59. The Balaban J connectivity index is 2.05. The van der Waals surface area contributed by atoms with Crippen LogP contribution in [0.4, 0.5) is 4.39 Å². The summed E-state index contributed by atoms with van der Waals surface area (Å²) in [4.78, 5) is 11.9. The monoisotopic (exact) mass is 296 g/mol. The first kappa shape index (κ1) is 14.0. The summed E-state index contributed by atoms with van der Waals surface area (Å²) in [6, 6.07) is 11.1. The van der Waals surface area contributed by atoms with Crippen molar-refractivity contribution in [2.24, 2.45) is 0 Å². The van der Waals surface area contributed by atoms with Crippen molar-refractivity contribution in [1.29, 1.82) is 0 Å². The summed E-state index contributed by atoms with van der Waals surface area (Å²) < 4.78 is 12.8. The number of halogens is 3. The number of benzene rings is 2. The maximum absolute atomic E-state index is 12.8. The molecular formula is C15H11Cl2FO. The first-order valence-electron chi connectivity index (χ1n) is 5.75. The van der Waals surface area contributed by atoms with E-state index in [2.05, 4.69) is 0 Å². The van der Waals surface area contributed by atoms with Gasteiger partial charge in [0.15, 0.2) is 0 Å². The van der Waals surface area contributed by atoms with Crippen LogP contribution in [0.15, 0.2) is 42.5 Å². The van der Waals surface area contributed by atoms with Gasteiger partial charge in [0.1, 0.15) is 11.6 Å². The number of carbonyl (C=O) groups is 1. The van der Waals surface area contributed by atoms with Crippen molar-refractivity contribution < 1.29 is 9.18 Å². The molecule has 1 nitrogen and oxygen atoms in total. The lowest BCUT2D eigenvalue weighted by Crippen LogP contribution is -2.07. The zero-order valence-electron chi connectivity index (χ0n) is 10.00. The van der Waals surface area contributed by atoms with Gasteiger partial charge in [0.25, 0.3) is 0 Å². The van der Waals surface area contributed by atoms with E-state index < -0.39 is 0 Å². The molecule has 0 aromatic heterocycles. The van der Waals surface area contributed by atoms with Crippen molar-refractivity contribution >= 4 is 29.0 Å². The van der Waals surface area contributed by atoms with Crippen LogP contribution in [0.3, 0.4) is 0 Å². The van der Waals surface area contributed by atoms with Gasteiger partial charge in [0.05, 0.1) is 10.0 Å². The number of hydrogen-bond acceptors (Lipinski definition) is 1. The van der Waals surface area contributed by atoms with E-state index in [9.17, 15) is 9.18 Å². The van der Waals surface area contributed by atoms with Crippen LogP contribution in [-0.4, -0.2) is 5.78 Å². The quantitative estimate of drug-likeness (QED) is 0.812. The molecule has 0 saturated heterocycles. The standard InChI is InChI=1S/C15H11Cl2FO/c16-14-3-1-2-11(15(14)17)9-13(19)8-10-4-6-12(18)7-5-10/h1-7H,8-9H2. The highest BCUT2D eigenvalue weighted by Crippen LogP contribution is 2.26. The molecule has 0 spiro atoms. The van der Waals surface area contributed by atoms with Crippen molar-refractivity contribution in [1.82, 2.24) is 0 Å². The van der Waals surface area contributed by atoms with Crippen LogP contribution in [0.5, 0.6) is 0 Å². The highest BCUT2D eigenvalue weighted by molar-refractivity contribution is 6.42. The molecule has 0 aliphatic rings. The molecule has 0 aliphatic carbocycles. The Kier molecular flexibility index (Phi) is 4.56. The summed E-state index contributed by atoms with van der Waals surface area (Å²) in [7, 11) is 0. The molecule has 4 heteroatoms. The molecule has 0 fully saturated rings. The van der Waals surface area contributed by atoms with Crippen LogP contribution in [0, 0.1) is 5.82 Å². The van der Waals surface area contributed by atoms with E-state index in [-0.39, 0.29) is 24.4 Å². The summed E-state index contributed by atoms with van der Waals surface area (Å²) in [5.41, 5.74) is 1.49. The molecule has 98 valence electrons. The zero-order chi connectivity index (χ0) is 13.8. The number of hydrogen-bond donors (Lipinski definition) is 0. The second kappa shape index (κ2) is 6.18. The van der Waals surface area contributed by atoms with Gasteiger partial charge in [-0.3, -0.25) is 4.79 Å². The molecule has 0 unspecified atom stereocenters. The average Bonchev–Trinajstić information content (AvgIpc) is 2.38. The summed E-state index contributed by atoms with van der Waals surface area (Å²) in [5.74, 6) is -0.301. The summed E-state index contributed by atoms with van der Waals surface area (Å²) >= 11 is 11.9. The largest absolute Gasteiger partial charge is 0.299 e. The molecule has 2 aromatic carbocycles. The van der Waals surface area contributed by atoms with Crippen LogP contribution in [0.25, 0.3) is 0 Å². The minimum absolute atomic E-state index is 0.00998. The van der Waals surface area contributed by atoms with E-state index in [1.807, 2.05) is 0 Å². The van der Waals surface area contributed by atoms with E-state index in [0.717, 1.165) is 5.56 Å². The van der Waals surface area contributed by atoms with Gasteiger partial charge in [0, 0.05) is 12.8 Å². The Morgan fingerprint density at radius 3 is 2.37 bits per heavy atom. The fraction of sp³-hybridized carbons (Fsp3) is 0.133. The normalized spacial score (nSPS) is 10.5. The molecule has 0 heterocycles. The summed E-state index contributed by atoms with van der Waals surface area (Å²) in [6.07, 6.45) is 0.472. The summed E-state index contributed by atoms with van der Waals surface area (Å²) in [5, 5.41) is 0.852. The number of carbonyl (C=O) groups excluding carboxylic acids is 1. The number of rotatable bonds is 4. The Labute approximate surface area is 121 Å². The Bertz CT molecular complexity index is 594. The second-order valence-corrected chi connectivity index (χ2v) is 5.02. The van der Waals surface area contributed by atoms with Gasteiger partial charge in [-0.1, -0.05) is 47.5 Å². The maximum atomic E-state index is 12.8. The minimum Gasteiger partial charge on any atom is -0.299 e. The molecule has 0 amide bonds. The van der Waals surface area contributed by atoms with Crippen LogP contribution in [0.1, 0.15) is 11.1 Å². The van der Waals surface area contributed by atoms with E-state index in [4.69, 9.17) is 23.2 Å². The fourth-order valence-corrected chi connectivity index (χ4v) is 2.18. The van der Waals surface area contributed by atoms with Gasteiger partial charge in [-0.2, -0.15) is 0 Å². The van der Waals surface area contributed by atoms with E-state index in [1.54, 1.807) is 30.3 Å². The Morgan fingerprint density at radius 2 is 1.68 bits per heavy atom. The molecule has 0 bridgehead atoms. The van der Waals surface area contributed by atoms with Crippen molar-refractivity contribution in [2.75, 3.05) is 0 Å². The molecule has 0 saturated carbocycles. The highest BCUT2D eigenvalue weighted by Gasteiger charge is 2.10. The smallest absolute Gasteiger partial charge is 0.141 e. The van der Waals surface area contributed by atoms with E-state index >= 15 is 0 Å². The third-order valence-electron chi connectivity index (χ3n) is 2.73. The van der Waals surface area contributed by atoms with Crippen molar-refractivity contribution in [3.05, 3.63) is 69.5 Å². The molecule has 0 N–H and O–H groups in total. The van der Waals surface area contributed by atoms with E-state index in [1.165, 1.54) is 12.1 Å². The second-order valence-electron chi connectivity index (χ2n) is 4.23. The van der Waals surface area contributed by atoms with Gasteiger partial charge in [-0.25, -0.2) is 4.39 Å². The topological polar surface area (TPSA) is 17.1 Å². The molecule has 0 aliphatic heterocycles. The van der Waals surface area contributed by atoms with Gasteiger partial charge in [-0.05, 0) is 29.3 Å². The predicted molar refractivity (Wildman–Crippen MR) is 75.3 cm³/mol. The zero-order valence-corrected chi connectivity index (χ0v) is 11.5. The van der Waals surface area contributed by atoms with Gasteiger partial charge in [-0.15, -0.1) is 0 Å². The third kappa shape index (κ3) is 3.79. The average molecular weight is 297 g/mol. The lowest BCUT2D eigenvalue weighted by Gasteiger charge is -2.05. The summed E-state index contributed by atoms with van der Waals surface area (Å²) in [6.45, 7) is 0. The molecule has 2 aromatic rings. The van der Waals surface area contributed by atoms with Crippen LogP contribution >= 0.6 is 23.2 Å². The first-order valence-corrected chi connectivity index (χ1v) is 6.51. The fourth-order valence-electron chi connectivity index (χ4n) is 1.79. The Morgan fingerprint density at radius 1 is 1.00 bits per heavy atom. The van der Waals surface area contributed by atoms with Crippen molar-refractivity contribution in [3.8, 4) is 0 Å². The predicted octanol–water partition coefficient (Wildman–Crippen LogP) is 4.49. The van der Waals surface area contributed by atoms with Crippen LogP contribution in [-0.2, 0) is 17.6 Å². The molecule has 0 radical (unpaired) electrons. The minimum atomic E-state index is -0.311. The maximum Gasteiger partial charge on any atom is 0.141 e. The lowest BCUT2D eigenvalue weighted by molar-refractivity contribution is -0.117. The van der Waals surface area contributed by atoms with Gasteiger partial charge >= 0.3 is 0 Å². The number of ketones is 1. The van der Waals surface area contributed by atoms with Crippen molar-refractivity contribution in [3.63, 3.8) is 0 Å².